The van der Waals surface area contributed by atoms with Crippen LogP contribution in [-0.4, -0.2) is 31.1 Å². The first kappa shape index (κ1) is 11.9. The van der Waals surface area contributed by atoms with Crippen molar-refractivity contribution in [2.24, 2.45) is 4.99 Å². The summed E-state index contributed by atoms with van der Waals surface area (Å²) in [6, 6.07) is 0. The van der Waals surface area contributed by atoms with Crippen molar-refractivity contribution >= 4 is 12.4 Å². The fourth-order valence-corrected chi connectivity index (χ4v) is 0.613. The predicted octanol–water partition coefficient (Wildman–Crippen LogP) is 1.39. The van der Waals surface area contributed by atoms with Crippen LogP contribution in [0.1, 0.15) is 27.7 Å². The molecule has 0 N–H and O–H groups in total. The lowest BCUT2D eigenvalue weighted by atomic mass is 10.2. The van der Waals surface area contributed by atoms with Crippen LogP contribution in [0.5, 0.6) is 0 Å². The zero-order valence-corrected chi connectivity index (χ0v) is 8.66. The van der Waals surface area contributed by atoms with E-state index in [1.165, 1.54) is 6.40 Å². The maximum absolute atomic E-state index is 11.0. The minimum Gasteiger partial charge on any atom is -0.484 e. The van der Waals surface area contributed by atoms with E-state index < -0.39 is 5.60 Å². The Balaban J connectivity index is 3.64. The first-order valence-electron chi connectivity index (χ1n) is 4.27. The summed E-state index contributed by atoms with van der Waals surface area (Å²) in [4.78, 5) is 14.8. The fraction of sp³-hybridized carbons (Fsp3) is 0.778. The third-order valence-electron chi connectivity index (χ3n) is 0.956. The molecule has 0 aliphatic heterocycles. The summed E-state index contributed by atoms with van der Waals surface area (Å²) >= 11 is 0. The third kappa shape index (κ3) is 8.85. The van der Waals surface area contributed by atoms with Crippen LogP contribution in [-0.2, 0) is 14.3 Å². The molecule has 0 aliphatic rings. The van der Waals surface area contributed by atoms with Gasteiger partial charge in [-0.15, -0.1) is 0 Å². The van der Waals surface area contributed by atoms with Crippen molar-refractivity contribution in [2.75, 3.05) is 13.2 Å². The molecule has 0 saturated heterocycles. The predicted molar refractivity (Wildman–Crippen MR) is 50.8 cm³/mol. The Bertz CT molecular complexity index is 182. The Morgan fingerprint density at radius 2 is 2.08 bits per heavy atom. The van der Waals surface area contributed by atoms with E-state index in [9.17, 15) is 4.79 Å². The van der Waals surface area contributed by atoms with Gasteiger partial charge in [-0.05, 0) is 27.7 Å². The van der Waals surface area contributed by atoms with Crippen molar-refractivity contribution in [1.29, 1.82) is 0 Å². The highest BCUT2D eigenvalue weighted by Gasteiger charge is 2.15. The number of esters is 1. The number of aliphatic imine (C=N–C) groups is 1. The summed E-state index contributed by atoms with van der Waals surface area (Å²) in [6.07, 6.45) is 1.27. The van der Waals surface area contributed by atoms with Crippen molar-refractivity contribution in [3.8, 4) is 0 Å². The van der Waals surface area contributed by atoms with Crippen LogP contribution in [0.25, 0.3) is 0 Å². The lowest BCUT2D eigenvalue weighted by Gasteiger charge is -2.18. The second-order valence-corrected chi connectivity index (χ2v) is 3.49. The number of nitrogens with zero attached hydrogens (tertiary/aromatic N) is 1. The van der Waals surface area contributed by atoms with Crippen molar-refractivity contribution in [3.05, 3.63) is 0 Å². The van der Waals surface area contributed by atoms with Gasteiger partial charge in [0.1, 0.15) is 12.1 Å². The molecule has 0 aromatic heterocycles. The largest absolute Gasteiger partial charge is 0.484 e. The summed E-state index contributed by atoms with van der Waals surface area (Å²) in [6.45, 7) is 7.86. The zero-order valence-electron chi connectivity index (χ0n) is 8.66. The molecule has 0 aromatic carbocycles. The highest BCUT2D eigenvalue weighted by molar-refractivity contribution is 5.73. The SMILES string of the molecule is CCOC=NCC(=O)OC(C)(C)C. The Labute approximate surface area is 78.9 Å². The molecule has 0 rings (SSSR count). The minimum atomic E-state index is -0.446. The molecule has 0 unspecified atom stereocenters. The standard InChI is InChI=1S/C9H17NO3/c1-5-12-7-10-6-8(11)13-9(2,3)4/h7H,5-6H2,1-4H3. The molecule has 0 amide bonds. The van der Waals surface area contributed by atoms with Gasteiger partial charge >= 0.3 is 5.97 Å². The molecule has 0 heterocycles. The van der Waals surface area contributed by atoms with Crippen molar-refractivity contribution in [2.45, 2.75) is 33.3 Å². The van der Waals surface area contributed by atoms with Crippen molar-refractivity contribution < 1.29 is 14.3 Å². The van der Waals surface area contributed by atoms with Crippen LogP contribution >= 0.6 is 0 Å². The van der Waals surface area contributed by atoms with E-state index in [1.807, 2.05) is 27.7 Å². The maximum atomic E-state index is 11.0. The Morgan fingerprint density at radius 1 is 1.46 bits per heavy atom. The van der Waals surface area contributed by atoms with Gasteiger partial charge in [0.2, 0.25) is 0 Å². The van der Waals surface area contributed by atoms with Gasteiger partial charge in [0, 0.05) is 0 Å². The van der Waals surface area contributed by atoms with Gasteiger partial charge < -0.3 is 9.47 Å². The van der Waals surface area contributed by atoms with E-state index >= 15 is 0 Å². The summed E-state index contributed by atoms with van der Waals surface area (Å²) in [5, 5.41) is 0. The molecule has 0 saturated carbocycles. The fourth-order valence-electron chi connectivity index (χ4n) is 0.613. The number of hydrogen-bond acceptors (Lipinski definition) is 4. The number of carbonyl (C=O) groups excluding carboxylic acids is 1. The second-order valence-electron chi connectivity index (χ2n) is 3.49. The topological polar surface area (TPSA) is 47.9 Å². The Morgan fingerprint density at radius 3 is 2.54 bits per heavy atom. The Kier molecular flexibility index (Phi) is 5.11. The highest BCUT2D eigenvalue weighted by Crippen LogP contribution is 2.06. The van der Waals surface area contributed by atoms with E-state index in [1.54, 1.807) is 0 Å². The molecule has 0 aromatic rings. The van der Waals surface area contributed by atoms with Gasteiger partial charge in [0.25, 0.3) is 0 Å². The van der Waals surface area contributed by atoms with Gasteiger partial charge in [-0.3, -0.25) is 4.79 Å². The van der Waals surface area contributed by atoms with Crippen LogP contribution in [0.2, 0.25) is 0 Å². The van der Waals surface area contributed by atoms with Gasteiger partial charge in [-0.1, -0.05) is 0 Å². The number of rotatable bonds is 4. The second kappa shape index (κ2) is 5.56. The van der Waals surface area contributed by atoms with Crippen LogP contribution in [0.3, 0.4) is 0 Å². The lowest BCUT2D eigenvalue weighted by Crippen LogP contribution is -2.25. The molecule has 0 radical (unpaired) electrons. The third-order valence-corrected chi connectivity index (χ3v) is 0.956. The van der Waals surface area contributed by atoms with E-state index in [-0.39, 0.29) is 12.5 Å². The summed E-state index contributed by atoms with van der Waals surface area (Å²) in [7, 11) is 0. The maximum Gasteiger partial charge on any atom is 0.328 e. The van der Waals surface area contributed by atoms with Crippen molar-refractivity contribution in [1.82, 2.24) is 0 Å². The molecule has 0 fully saturated rings. The normalized spacial score (nSPS) is 11.7. The van der Waals surface area contributed by atoms with Gasteiger partial charge in [-0.25, -0.2) is 4.99 Å². The van der Waals surface area contributed by atoms with Gasteiger partial charge in [-0.2, -0.15) is 0 Å². The van der Waals surface area contributed by atoms with Crippen LogP contribution in [0, 0.1) is 0 Å². The molecule has 4 nitrogen and oxygen atoms in total. The number of ether oxygens (including phenoxy) is 2. The minimum absolute atomic E-state index is 0.0112. The van der Waals surface area contributed by atoms with Crippen LogP contribution < -0.4 is 0 Å². The van der Waals surface area contributed by atoms with E-state index in [0.717, 1.165) is 0 Å². The highest BCUT2D eigenvalue weighted by atomic mass is 16.6. The van der Waals surface area contributed by atoms with E-state index in [0.29, 0.717) is 6.61 Å². The van der Waals surface area contributed by atoms with Gasteiger partial charge in [0.15, 0.2) is 6.40 Å². The molecular formula is C9H17NO3. The molecule has 76 valence electrons. The van der Waals surface area contributed by atoms with Gasteiger partial charge in [0.05, 0.1) is 6.61 Å². The number of hydrogen-bond donors (Lipinski definition) is 0. The lowest BCUT2D eigenvalue weighted by molar-refractivity contribution is -0.152. The van der Waals surface area contributed by atoms with Crippen molar-refractivity contribution in [3.63, 3.8) is 0 Å². The van der Waals surface area contributed by atoms with E-state index in [4.69, 9.17) is 9.47 Å². The smallest absolute Gasteiger partial charge is 0.328 e. The van der Waals surface area contributed by atoms with E-state index in [2.05, 4.69) is 4.99 Å². The summed E-state index contributed by atoms with van der Waals surface area (Å²) in [5.41, 5.74) is -0.446. The van der Waals surface area contributed by atoms with Crippen LogP contribution in [0.4, 0.5) is 0 Å². The zero-order chi connectivity index (χ0) is 10.3. The first-order valence-corrected chi connectivity index (χ1v) is 4.27. The molecule has 13 heavy (non-hydrogen) atoms. The first-order chi connectivity index (χ1) is 5.95. The van der Waals surface area contributed by atoms with Crippen LogP contribution in [0.15, 0.2) is 4.99 Å². The molecule has 0 spiro atoms. The molecule has 0 bridgehead atoms. The number of carbonyl (C=O) groups is 1. The summed E-state index contributed by atoms with van der Waals surface area (Å²) < 4.78 is 9.82. The Hall–Kier alpha value is -1.06. The monoisotopic (exact) mass is 187 g/mol. The molecule has 0 atom stereocenters. The summed E-state index contributed by atoms with van der Waals surface area (Å²) in [5.74, 6) is -0.344. The molecule has 4 heteroatoms. The molecular weight excluding hydrogens is 170 g/mol. The average Bonchev–Trinajstić information content (AvgIpc) is 1.94. The average molecular weight is 187 g/mol. The molecule has 0 aliphatic carbocycles. The quantitative estimate of drug-likeness (QED) is 0.379.